The lowest BCUT2D eigenvalue weighted by molar-refractivity contribution is -0.386. The predicted molar refractivity (Wildman–Crippen MR) is 72.4 cm³/mol. The van der Waals surface area contributed by atoms with Crippen molar-refractivity contribution in [1.82, 2.24) is 9.78 Å². The Morgan fingerprint density at radius 3 is 2.62 bits per heavy atom. The minimum absolute atomic E-state index is 0.0324. The first-order valence-electron chi connectivity index (χ1n) is 6.52. The van der Waals surface area contributed by atoms with E-state index in [0.29, 0.717) is 30.0 Å². The maximum Gasteiger partial charge on any atom is 0.371 e. The summed E-state index contributed by atoms with van der Waals surface area (Å²) in [7, 11) is 0. The van der Waals surface area contributed by atoms with Crippen molar-refractivity contribution in [3.63, 3.8) is 0 Å². The Balaban J connectivity index is 2.39. The van der Waals surface area contributed by atoms with Gasteiger partial charge in [0.05, 0.1) is 11.5 Å². The molecule has 0 spiro atoms. The van der Waals surface area contributed by atoms with Gasteiger partial charge in [0.15, 0.2) is 0 Å². The maximum atomic E-state index is 11.2. The van der Waals surface area contributed by atoms with Crippen molar-refractivity contribution in [3.8, 4) is 0 Å². The Kier molecular flexibility index (Phi) is 4.06. The Hall–Kier alpha value is -2.64. The molecule has 1 N–H and O–H groups in total. The molecule has 21 heavy (non-hydrogen) atoms. The highest BCUT2D eigenvalue weighted by Gasteiger charge is 2.25. The van der Waals surface area contributed by atoms with E-state index in [4.69, 9.17) is 9.52 Å². The number of aromatic carboxylic acids is 1. The Morgan fingerprint density at radius 2 is 2.14 bits per heavy atom. The number of nitro groups is 1. The second-order valence-corrected chi connectivity index (χ2v) is 4.43. The van der Waals surface area contributed by atoms with Crippen LogP contribution in [0.4, 0.5) is 5.69 Å². The third-order valence-corrected chi connectivity index (χ3v) is 3.13. The van der Waals surface area contributed by atoms with Crippen LogP contribution in [-0.2, 0) is 19.4 Å². The van der Waals surface area contributed by atoms with Crippen molar-refractivity contribution in [1.29, 1.82) is 0 Å². The summed E-state index contributed by atoms with van der Waals surface area (Å²) in [4.78, 5) is 21.5. The minimum atomic E-state index is -1.15. The first-order valence-corrected chi connectivity index (χ1v) is 6.52. The first kappa shape index (κ1) is 14.8. The zero-order chi connectivity index (χ0) is 15.6. The summed E-state index contributed by atoms with van der Waals surface area (Å²) in [5, 5.41) is 24.2. The molecule has 0 fully saturated rings. The van der Waals surface area contributed by atoms with E-state index in [-0.39, 0.29) is 18.0 Å². The van der Waals surface area contributed by atoms with Crippen molar-refractivity contribution in [3.05, 3.63) is 45.2 Å². The van der Waals surface area contributed by atoms with Crippen LogP contribution in [0.5, 0.6) is 0 Å². The van der Waals surface area contributed by atoms with Crippen molar-refractivity contribution in [2.75, 3.05) is 0 Å². The molecular weight excluding hydrogens is 278 g/mol. The van der Waals surface area contributed by atoms with Crippen molar-refractivity contribution in [2.45, 2.75) is 33.2 Å². The van der Waals surface area contributed by atoms with Gasteiger partial charge in [-0.3, -0.25) is 14.8 Å². The smallest absolute Gasteiger partial charge is 0.371 e. The quantitative estimate of drug-likeness (QED) is 0.645. The molecule has 0 amide bonds. The molecule has 2 rings (SSSR count). The molecule has 0 aromatic carbocycles. The highest BCUT2D eigenvalue weighted by molar-refractivity contribution is 5.84. The normalized spacial score (nSPS) is 10.8. The van der Waals surface area contributed by atoms with E-state index < -0.39 is 10.9 Å². The lowest BCUT2D eigenvalue weighted by Crippen LogP contribution is -2.06. The zero-order valence-electron chi connectivity index (χ0n) is 11.7. The van der Waals surface area contributed by atoms with E-state index >= 15 is 0 Å². The van der Waals surface area contributed by atoms with Crippen LogP contribution >= 0.6 is 0 Å². The summed E-state index contributed by atoms with van der Waals surface area (Å²) in [5.74, 6) is -0.930. The van der Waals surface area contributed by atoms with Crippen LogP contribution in [0.25, 0.3) is 0 Å². The Morgan fingerprint density at radius 1 is 1.43 bits per heavy atom. The number of hydrogen-bond acceptors (Lipinski definition) is 5. The predicted octanol–water partition coefficient (Wildman–Crippen LogP) is 2.26. The van der Waals surface area contributed by atoms with E-state index in [1.54, 1.807) is 6.92 Å². The van der Waals surface area contributed by atoms with Crippen molar-refractivity contribution < 1.29 is 19.2 Å². The van der Waals surface area contributed by atoms with Crippen LogP contribution in [0.3, 0.4) is 0 Å². The largest absolute Gasteiger partial charge is 0.475 e. The topological polar surface area (TPSA) is 111 Å². The summed E-state index contributed by atoms with van der Waals surface area (Å²) in [6, 6.07) is 2.88. The number of nitrogens with zero attached hydrogens (tertiary/aromatic N) is 3. The molecule has 2 heterocycles. The number of carboxylic acid groups (broad SMARTS) is 1. The van der Waals surface area contributed by atoms with E-state index in [1.807, 2.05) is 6.92 Å². The fraction of sp³-hybridized carbons (Fsp3) is 0.385. The number of aromatic nitrogens is 2. The van der Waals surface area contributed by atoms with Gasteiger partial charge in [0, 0.05) is 0 Å². The van der Waals surface area contributed by atoms with Crippen LogP contribution < -0.4 is 0 Å². The highest BCUT2D eigenvalue weighted by Crippen LogP contribution is 2.25. The standard InChI is InChI=1S/C13H15N3O5/c1-3-9-12(16(19)20)10(4-2)15(14-9)7-8-5-6-11(21-8)13(17)18/h5-6H,3-4,7H2,1-2H3,(H,17,18). The number of hydrogen-bond donors (Lipinski definition) is 1. The summed E-state index contributed by atoms with van der Waals surface area (Å²) in [6.07, 6.45) is 0.907. The fourth-order valence-corrected chi connectivity index (χ4v) is 2.20. The molecule has 0 atom stereocenters. The van der Waals surface area contributed by atoms with Gasteiger partial charge in [-0.1, -0.05) is 13.8 Å². The maximum absolute atomic E-state index is 11.2. The summed E-state index contributed by atoms with van der Waals surface area (Å²) < 4.78 is 6.66. The molecule has 112 valence electrons. The monoisotopic (exact) mass is 293 g/mol. The van der Waals surface area contributed by atoms with Crippen molar-refractivity contribution in [2.24, 2.45) is 0 Å². The van der Waals surface area contributed by atoms with Gasteiger partial charge in [0.1, 0.15) is 17.1 Å². The molecule has 8 heteroatoms. The third-order valence-electron chi connectivity index (χ3n) is 3.13. The average Bonchev–Trinajstić information content (AvgIpc) is 3.03. The zero-order valence-corrected chi connectivity index (χ0v) is 11.7. The molecule has 8 nitrogen and oxygen atoms in total. The molecule has 0 aliphatic rings. The van der Waals surface area contributed by atoms with Gasteiger partial charge in [0.2, 0.25) is 5.76 Å². The van der Waals surface area contributed by atoms with Gasteiger partial charge < -0.3 is 9.52 Å². The molecule has 0 bridgehead atoms. The SMILES string of the molecule is CCc1nn(Cc2ccc(C(=O)O)o2)c(CC)c1[N+](=O)[O-]. The molecule has 0 radical (unpaired) electrons. The van der Waals surface area contributed by atoms with Gasteiger partial charge in [-0.25, -0.2) is 4.79 Å². The lowest BCUT2D eigenvalue weighted by Gasteiger charge is -2.02. The Labute approximate surface area is 120 Å². The number of furan rings is 1. The van der Waals surface area contributed by atoms with Gasteiger partial charge >= 0.3 is 11.7 Å². The highest BCUT2D eigenvalue weighted by atomic mass is 16.6. The molecular formula is C13H15N3O5. The number of carboxylic acids is 1. The van der Waals surface area contributed by atoms with Gasteiger partial charge in [-0.15, -0.1) is 0 Å². The van der Waals surface area contributed by atoms with E-state index in [1.165, 1.54) is 16.8 Å². The fourth-order valence-electron chi connectivity index (χ4n) is 2.20. The number of aryl methyl sites for hydroxylation is 1. The van der Waals surface area contributed by atoms with Crippen LogP contribution in [0, 0.1) is 10.1 Å². The Bertz CT molecular complexity index is 686. The van der Waals surface area contributed by atoms with Gasteiger partial charge in [-0.2, -0.15) is 5.10 Å². The summed E-state index contributed by atoms with van der Waals surface area (Å²) in [6.45, 7) is 3.77. The molecule has 0 aliphatic heterocycles. The lowest BCUT2D eigenvalue weighted by atomic mass is 10.2. The molecule has 2 aromatic rings. The van der Waals surface area contributed by atoms with Crippen LogP contribution in [0.1, 0.15) is 41.6 Å². The van der Waals surface area contributed by atoms with E-state index in [2.05, 4.69) is 5.10 Å². The number of carbonyl (C=O) groups is 1. The average molecular weight is 293 g/mol. The second-order valence-electron chi connectivity index (χ2n) is 4.43. The van der Waals surface area contributed by atoms with Crippen LogP contribution in [0.15, 0.2) is 16.5 Å². The molecule has 0 unspecified atom stereocenters. The third kappa shape index (κ3) is 2.78. The van der Waals surface area contributed by atoms with Crippen molar-refractivity contribution >= 4 is 11.7 Å². The van der Waals surface area contributed by atoms with E-state index in [9.17, 15) is 14.9 Å². The molecule has 0 saturated carbocycles. The number of rotatable bonds is 6. The summed E-state index contributed by atoms with van der Waals surface area (Å²) >= 11 is 0. The molecule has 0 aliphatic carbocycles. The van der Waals surface area contributed by atoms with Gasteiger partial charge in [-0.05, 0) is 25.0 Å². The van der Waals surface area contributed by atoms with Crippen LogP contribution in [0.2, 0.25) is 0 Å². The molecule has 0 saturated heterocycles. The minimum Gasteiger partial charge on any atom is -0.475 e. The second kappa shape index (κ2) is 5.78. The molecule has 2 aromatic heterocycles. The van der Waals surface area contributed by atoms with Crippen LogP contribution in [-0.4, -0.2) is 25.8 Å². The summed E-state index contributed by atoms with van der Waals surface area (Å²) in [5.41, 5.74) is 0.956. The first-order chi connectivity index (χ1) is 9.97. The van der Waals surface area contributed by atoms with E-state index in [0.717, 1.165) is 0 Å². The van der Waals surface area contributed by atoms with Gasteiger partial charge in [0.25, 0.3) is 0 Å².